The monoisotopic (exact) mass is 788 g/mol. The molecular weight excluding hydrogens is 729 g/mol. The average Bonchev–Trinajstić information content (AvgIpc) is 3.56. The highest BCUT2D eigenvalue weighted by Crippen LogP contribution is 2.52. The van der Waals surface area contributed by atoms with Crippen molar-refractivity contribution in [3.05, 3.63) is 150 Å². The zero-order chi connectivity index (χ0) is 41.1. The minimum atomic E-state index is -1.16. The number of fused-ring (bicyclic) bond motifs is 2. The van der Waals surface area contributed by atoms with Gasteiger partial charge in [-0.05, 0) is 83.3 Å². The summed E-state index contributed by atoms with van der Waals surface area (Å²) < 4.78 is 43.9. The van der Waals surface area contributed by atoms with Crippen molar-refractivity contribution in [1.82, 2.24) is 0 Å². The number of rotatable bonds is 19. The first-order valence-corrected chi connectivity index (χ1v) is 20.3. The Morgan fingerprint density at radius 2 is 1.28 bits per heavy atom. The van der Waals surface area contributed by atoms with Gasteiger partial charge in [-0.2, -0.15) is 0 Å². The molecule has 0 saturated heterocycles. The number of benzene rings is 4. The summed E-state index contributed by atoms with van der Waals surface area (Å²) in [6.45, 7) is 12.2. The van der Waals surface area contributed by atoms with Gasteiger partial charge in [-0.25, -0.2) is 0 Å². The molecule has 1 fully saturated rings. The van der Waals surface area contributed by atoms with Gasteiger partial charge in [0.15, 0.2) is 5.78 Å². The number of methoxy groups -OCH3 is 3. The molecule has 0 unspecified atom stereocenters. The number of ketones is 1. The standard InChI is InChI=1S/C50H60O8/c1-8-46(56-31-38-16-24-42(53-6)25-17-38)50(58-33-36-12-10-9-11-13-36,34-55-30-37-14-22-41(52-5)23-15-37)44-28-20-40-21-29-45(49(40,3)4)48(47(51)35(44)2)57-32-39-18-26-43(54-7)27-19-39/h8-20,22-27,35,44-46,48H,1,21,28-34H2,2-7H3/b40-20-/t35-,44-,45-,46+,48+,50+/m0/s1. The fourth-order valence-electron chi connectivity index (χ4n) is 8.77. The third kappa shape index (κ3) is 9.92. The van der Waals surface area contributed by atoms with Crippen LogP contribution in [0, 0.1) is 23.2 Å². The fourth-order valence-corrected chi connectivity index (χ4v) is 8.77. The average molecular weight is 789 g/mol. The Bertz CT molecular complexity index is 1940. The van der Waals surface area contributed by atoms with E-state index in [0.29, 0.717) is 19.6 Å². The van der Waals surface area contributed by atoms with Crippen molar-refractivity contribution in [3.63, 3.8) is 0 Å². The molecule has 4 aromatic carbocycles. The van der Waals surface area contributed by atoms with E-state index in [9.17, 15) is 0 Å². The van der Waals surface area contributed by atoms with Gasteiger partial charge in [-0.1, -0.05) is 105 Å². The molecule has 0 spiro atoms. The van der Waals surface area contributed by atoms with Gasteiger partial charge in [0.1, 0.15) is 35.1 Å². The molecule has 8 heteroatoms. The maximum absolute atomic E-state index is 15.3. The highest BCUT2D eigenvalue weighted by Gasteiger charge is 2.54. The normalized spacial score (nSPS) is 22.7. The SMILES string of the molecule is C=C[C@@H](OCc1ccc(OC)cc1)[C@](COCc1ccc(OC)cc1)(OCc1ccccc1)[C@H]1C/C=C2/CC[C@@H]([C@@H](OCc3ccc(OC)cc3)C(=O)[C@H]1C)C2(C)C. The number of Topliss-reactive ketones (excluding diaryl/α,β-unsaturated/α-hetero) is 1. The summed E-state index contributed by atoms with van der Waals surface area (Å²) in [7, 11) is 4.96. The van der Waals surface area contributed by atoms with E-state index in [1.807, 2.05) is 116 Å². The van der Waals surface area contributed by atoms with E-state index in [4.69, 9.17) is 33.2 Å². The lowest BCUT2D eigenvalue weighted by atomic mass is 9.70. The summed E-state index contributed by atoms with van der Waals surface area (Å²) in [5.41, 5.74) is 3.88. The van der Waals surface area contributed by atoms with E-state index in [2.05, 4.69) is 26.5 Å². The van der Waals surface area contributed by atoms with Gasteiger partial charge in [-0.3, -0.25) is 4.79 Å². The van der Waals surface area contributed by atoms with Crippen LogP contribution in [0.2, 0.25) is 0 Å². The molecule has 1 saturated carbocycles. The Kier molecular flexibility index (Phi) is 14.6. The number of hydrogen-bond acceptors (Lipinski definition) is 8. The van der Waals surface area contributed by atoms with Gasteiger partial charge in [0.2, 0.25) is 0 Å². The third-order valence-corrected chi connectivity index (χ3v) is 12.4. The molecule has 2 aliphatic rings. The second-order valence-corrected chi connectivity index (χ2v) is 16.1. The van der Waals surface area contributed by atoms with E-state index >= 15 is 4.79 Å². The number of hydrogen-bond donors (Lipinski definition) is 0. The van der Waals surface area contributed by atoms with Crippen LogP contribution in [-0.4, -0.2) is 51.5 Å². The van der Waals surface area contributed by atoms with Crippen LogP contribution in [0.4, 0.5) is 0 Å². The van der Waals surface area contributed by atoms with Crippen LogP contribution in [0.5, 0.6) is 17.2 Å². The predicted molar refractivity (Wildman–Crippen MR) is 227 cm³/mol. The van der Waals surface area contributed by atoms with Crippen molar-refractivity contribution in [3.8, 4) is 17.2 Å². The van der Waals surface area contributed by atoms with Crippen molar-refractivity contribution < 1.29 is 38.0 Å². The van der Waals surface area contributed by atoms with Crippen LogP contribution in [0.3, 0.4) is 0 Å². The van der Waals surface area contributed by atoms with Gasteiger partial charge in [0, 0.05) is 17.8 Å². The van der Waals surface area contributed by atoms with E-state index < -0.39 is 23.7 Å². The molecule has 0 heterocycles. The lowest BCUT2D eigenvalue weighted by molar-refractivity contribution is -0.209. The second kappa shape index (κ2) is 19.8. The number of carbonyl (C=O) groups is 1. The largest absolute Gasteiger partial charge is 0.497 e. The Morgan fingerprint density at radius 3 is 1.83 bits per heavy atom. The zero-order valence-corrected chi connectivity index (χ0v) is 35.0. The van der Waals surface area contributed by atoms with Crippen molar-refractivity contribution in [2.45, 2.75) is 84.3 Å². The van der Waals surface area contributed by atoms with Crippen molar-refractivity contribution in [1.29, 1.82) is 0 Å². The summed E-state index contributed by atoms with van der Waals surface area (Å²) in [4.78, 5) is 15.3. The molecule has 0 radical (unpaired) electrons. The number of allylic oxidation sites excluding steroid dienone is 2. The first-order chi connectivity index (χ1) is 28.1. The van der Waals surface area contributed by atoms with Gasteiger partial charge in [0.05, 0.1) is 54.4 Å². The van der Waals surface area contributed by atoms with Crippen molar-refractivity contribution in [2.24, 2.45) is 23.2 Å². The number of carbonyl (C=O) groups excluding carboxylic acids is 1. The van der Waals surface area contributed by atoms with E-state index in [1.54, 1.807) is 21.3 Å². The molecule has 6 atom stereocenters. The lowest BCUT2D eigenvalue weighted by Gasteiger charge is -2.47. The van der Waals surface area contributed by atoms with Crippen LogP contribution in [-0.2, 0) is 50.2 Å². The van der Waals surface area contributed by atoms with Crippen LogP contribution in [0.25, 0.3) is 0 Å². The van der Waals surface area contributed by atoms with Gasteiger partial charge in [0.25, 0.3) is 0 Å². The minimum Gasteiger partial charge on any atom is -0.497 e. The van der Waals surface area contributed by atoms with Crippen LogP contribution in [0.15, 0.2) is 127 Å². The Hall–Kier alpha value is -4.73. The molecular formula is C50H60O8. The predicted octanol–water partition coefficient (Wildman–Crippen LogP) is 10.1. The van der Waals surface area contributed by atoms with Gasteiger partial charge >= 0.3 is 0 Å². The Labute approximate surface area is 345 Å². The van der Waals surface area contributed by atoms with E-state index in [0.717, 1.165) is 52.3 Å². The van der Waals surface area contributed by atoms with Crippen molar-refractivity contribution in [2.75, 3.05) is 27.9 Å². The van der Waals surface area contributed by atoms with Crippen LogP contribution >= 0.6 is 0 Å². The molecule has 6 rings (SSSR count). The zero-order valence-electron chi connectivity index (χ0n) is 35.0. The maximum atomic E-state index is 15.3. The molecule has 4 aromatic rings. The first-order valence-electron chi connectivity index (χ1n) is 20.3. The lowest BCUT2D eigenvalue weighted by Crippen LogP contribution is -2.58. The minimum absolute atomic E-state index is 0.0122. The summed E-state index contributed by atoms with van der Waals surface area (Å²) >= 11 is 0. The fraction of sp³-hybridized carbons (Fsp3) is 0.420. The molecule has 0 aromatic heterocycles. The second-order valence-electron chi connectivity index (χ2n) is 16.1. The molecule has 58 heavy (non-hydrogen) atoms. The molecule has 2 aliphatic carbocycles. The molecule has 0 N–H and O–H groups in total. The molecule has 2 bridgehead atoms. The smallest absolute Gasteiger partial charge is 0.165 e. The van der Waals surface area contributed by atoms with Gasteiger partial charge in [-0.15, -0.1) is 6.58 Å². The maximum Gasteiger partial charge on any atom is 0.165 e. The molecule has 8 nitrogen and oxygen atoms in total. The Morgan fingerprint density at radius 1 is 0.741 bits per heavy atom. The Balaban J connectivity index is 1.41. The topological polar surface area (TPSA) is 81.7 Å². The molecule has 0 aliphatic heterocycles. The molecule has 308 valence electrons. The van der Waals surface area contributed by atoms with Gasteiger partial charge < -0.3 is 33.2 Å². The van der Waals surface area contributed by atoms with E-state index in [1.165, 1.54) is 5.57 Å². The summed E-state index contributed by atoms with van der Waals surface area (Å²) in [6, 6.07) is 33.6. The van der Waals surface area contributed by atoms with Crippen LogP contribution < -0.4 is 14.2 Å². The van der Waals surface area contributed by atoms with Crippen LogP contribution in [0.1, 0.15) is 62.3 Å². The highest BCUT2D eigenvalue weighted by atomic mass is 16.6. The quantitative estimate of drug-likeness (QED) is 0.0869. The molecule has 0 amide bonds. The summed E-state index contributed by atoms with van der Waals surface area (Å²) in [6.07, 6.45) is 5.25. The highest BCUT2D eigenvalue weighted by molar-refractivity contribution is 5.86. The summed E-state index contributed by atoms with van der Waals surface area (Å²) in [5, 5.41) is 0. The van der Waals surface area contributed by atoms with Crippen molar-refractivity contribution >= 4 is 5.78 Å². The van der Waals surface area contributed by atoms with E-state index in [-0.39, 0.29) is 42.9 Å². The number of ether oxygens (including phenoxy) is 7. The third-order valence-electron chi connectivity index (χ3n) is 12.4. The first kappa shape index (κ1) is 42.9. The summed E-state index contributed by atoms with van der Waals surface area (Å²) in [5.74, 6) is 1.51.